The number of aromatic nitrogens is 3. The molecular formula is C22H23ClFN7O. The molecule has 0 saturated carbocycles. The van der Waals surface area contributed by atoms with E-state index in [1.54, 1.807) is 11.1 Å². The van der Waals surface area contributed by atoms with Gasteiger partial charge in [-0.1, -0.05) is 11.6 Å². The number of carbonyl (C=O) groups excluding carboxylic acids is 1. The van der Waals surface area contributed by atoms with Gasteiger partial charge < -0.3 is 20.4 Å². The fourth-order valence-electron chi connectivity index (χ4n) is 3.43. The van der Waals surface area contributed by atoms with Crippen LogP contribution in [0.2, 0.25) is 5.02 Å². The van der Waals surface area contributed by atoms with E-state index in [0.717, 1.165) is 17.2 Å². The van der Waals surface area contributed by atoms with Crippen LogP contribution in [0.15, 0.2) is 42.6 Å². The van der Waals surface area contributed by atoms with Crippen molar-refractivity contribution >= 4 is 40.8 Å². The van der Waals surface area contributed by atoms with Crippen LogP contribution in [0, 0.1) is 19.7 Å². The van der Waals surface area contributed by atoms with Gasteiger partial charge in [0, 0.05) is 44.1 Å². The monoisotopic (exact) mass is 455 g/mol. The Morgan fingerprint density at radius 2 is 1.81 bits per heavy atom. The predicted octanol–water partition coefficient (Wildman–Crippen LogP) is 4.38. The molecule has 2 N–H and O–H groups in total. The van der Waals surface area contributed by atoms with Gasteiger partial charge in [0.1, 0.15) is 29.1 Å². The average molecular weight is 456 g/mol. The van der Waals surface area contributed by atoms with Crippen molar-refractivity contribution in [3.8, 4) is 0 Å². The molecule has 3 aromatic rings. The molecule has 1 aliphatic heterocycles. The Hall–Kier alpha value is -3.46. The van der Waals surface area contributed by atoms with Gasteiger partial charge in [-0.25, -0.2) is 24.1 Å². The summed E-state index contributed by atoms with van der Waals surface area (Å²) in [5.74, 6) is 2.30. The van der Waals surface area contributed by atoms with Crippen molar-refractivity contribution in [2.45, 2.75) is 13.8 Å². The Morgan fingerprint density at radius 3 is 2.53 bits per heavy atom. The van der Waals surface area contributed by atoms with Gasteiger partial charge in [-0.15, -0.1) is 0 Å². The number of amides is 2. The SMILES string of the molecule is Cc1ccnc(Nc2cc(N3CCN(C(=O)Nc4ccc(F)c(Cl)c4)CC3)nc(C)n2)c1. The van der Waals surface area contributed by atoms with E-state index in [2.05, 4.69) is 30.5 Å². The third kappa shape index (κ3) is 5.23. The standard InChI is InChI=1S/C22H23ClFN7O/c1-14-5-6-25-19(11-14)29-20-13-21(27-15(2)26-20)30-7-9-31(10-8-30)22(32)28-16-3-4-18(24)17(23)12-16/h3-6,11-13H,7-10H2,1-2H3,(H,28,32)(H,25,26,27,29). The van der Waals surface area contributed by atoms with Crippen LogP contribution >= 0.6 is 11.6 Å². The molecule has 0 radical (unpaired) electrons. The van der Waals surface area contributed by atoms with Gasteiger partial charge in [-0.3, -0.25) is 0 Å². The number of halogens is 2. The summed E-state index contributed by atoms with van der Waals surface area (Å²) in [5, 5.41) is 5.96. The second-order valence-corrected chi connectivity index (χ2v) is 7.94. The lowest BCUT2D eigenvalue weighted by atomic mass is 10.3. The number of anilines is 4. The summed E-state index contributed by atoms with van der Waals surface area (Å²) in [6.07, 6.45) is 1.75. The first-order valence-electron chi connectivity index (χ1n) is 10.2. The molecule has 0 spiro atoms. The minimum Gasteiger partial charge on any atom is -0.353 e. The normalized spacial score (nSPS) is 13.8. The topological polar surface area (TPSA) is 86.3 Å². The minimum atomic E-state index is -0.523. The van der Waals surface area contributed by atoms with E-state index in [1.165, 1.54) is 18.2 Å². The fraction of sp³-hybridized carbons (Fsp3) is 0.273. The summed E-state index contributed by atoms with van der Waals surface area (Å²) >= 11 is 5.79. The van der Waals surface area contributed by atoms with Gasteiger partial charge in [0.25, 0.3) is 0 Å². The quantitative estimate of drug-likeness (QED) is 0.607. The maximum Gasteiger partial charge on any atom is 0.321 e. The highest BCUT2D eigenvalue weighted by molar-refractivity contribution is 6.31. The highest BCUT2D eigenvalue weighted by Gasteiger charge is 2.23. The van der Waals surface area contributed by atoms with Crippen molar-refractivity contribution in [1.82, 2.24) is 19.9 Å². The molecule has 1 saturated heterocycles. The van der Waals surface area contributed by atoms with Crippen molar-refractivity contribution in [2.24, 2.45) is 0 Å². The van der Waals surface area contributed by atoms with Crippen LogP contribution in [-0.2, 0) is 0 Å². The molecule has 2 aromatic heterocycles. The van der Waals surface area contributed by atoms with Crippen LogP contribution in [-0.4, -0.2) is 52.1 Å². The number of nitrogens with zero attached hydrogens (tertiary/aromatic N) is 5. The van der Waals surface area contributed by atoms with Crippen LogP contribution in [0.3, 0.4) is 0 Å². The van der Waals surface area contributed by atoms with Crippen molar-refractivity contribution in [1.29, 1.82) is 0 Å². The number of benzene rings is 1. The largest absolute Gasteiger partial charge is 0.353 e. The molecule has 1 fully saturated rings. The van der Waals surface area contributed by atoms with Gasteiger partial charge in [0.05, 0.1) is 5.02 Å². The number of urea groups is 1. The Kier molecular flexibility index (Phi) is 6.36. The summed E-state index contributed by atoms with van der Waals surface area (Å²) in [5.41, 5.74) is 1.56. The number of hydrogen-bond acceptors (Lipinski definition) is 6. The number of piperazine rings is 1. The summed E-state index contributed by atoms with van der Waals surface area (Å²) < 4.78 is 13.3. The highest BCUT2D eigenvalue weighted by Crippen LogP contribution is 2.22. The predicted molar refractivity (Wildman–Crippen MR) is 123 cm³/mol. The van der Waals surface area contributed by atoms with E-state index >= 15 is 0 Å². The van der Waals surface area contributed by atoms with Crippen molar-refractivity contribution in [3.63, 3.8) is 0 Å². The number of aryl methyl sites for hydroxylation is 2. The second-order valence-electron chi connectivity index (χ2n) is 7.54. The number of pyridine rings is 1. The first-order chi connectivity index (χ1) is 15.4. The van der Waals surface area contributed by atoms with Crippen LogP contribution in [0.4, 0.5) is 32.3 Å². The van der Waals surface area contributed by atoms with Gasteiger partial charge in [0.2, 0.25) is 0 Å². The number of hydrogen-bond donors (Lipinski definition) is 2. The smallest absolute Gasteiger partial charge is 0.321 e. The molecule has 4 rings (SSSR count). The van der Waals surface area contributed by atoms with Crippen LogP contribution in [0.1, 0.15) is 11.4 Å². The summed E-state index contributed by atoms with van der Waals surface area (Å²) in [6.45, 7) is 6.13. The number of carbonyl (C=O) groups is 1. The molecule has 0 bridgehead atoms. The lowest BCUT2D eigenvalue weighted by molar-refractivity contribution is 0.208. The Morgan fingerprint density at radius 1 is 1.03 bits per heavy atom. The van der Waals surface area contributed by atoms with E-state index in [1.807, 2.05) is 32.0 Å². The van der Waals surface area contributed by atoms with Crippen LogP contribution in [0.5, 0.6) is 0 Å². The number of rotatable bonds is 4. The molecule has 2 amide bonds. The molecule has 1 aromatic carbocycles. The molecule has 0 aliphatic carbocycles. The van der Waals surface area contributed by atoms with E-state index in [4.69, 9.17) is 11.6 Å². The maximum absolute atomic E-state index is 13.3. The molecule has 8 nitrogen and oxygen atoms in total. The molecule has 10 heteroatoms. The van der Waals surface area contributed by atoms with Crippen LogP contribution < -0.4 is 15.5 Å². The van der Waals surface area contributed by atoms with E-state index in [9.17, 15) is 9.18 Å². The van der Waals surface area contributed by atoms with Crippen LogP contribution in [0.25, 0.3) is 0 Å². The molecule has 32 heavy (non-hydrogen) atoms. The molecular weight excluding hydrogens is 433 g/mol. The van der Waals surface area contributed by atoms with Gasteiger partial charge in [0.15, 0.2) is 0 Å². The van der Waals surface area contributed by atoms with Gasteiger partial charge in [-0.05, 0) is 49.7 Å². The van der Waals surface area contributed by atoms with E-state index < -0.39 is 5.82 Å². The lowest BCUT2D eigenvalue weighted by Crippen LogP contribution is -2.50. The third-order valence-electron chi connectivity index (χ3n) is 5.06. The zero-order chi connectivity index (χ0) is 22.7. The average Bonchev–Trinajstić information content (AvgIpc) is 2.76. The fourth-order valence-corrected chi connectivity index (χ4v) is 3.61. The summed E-state index contributed by atoms with van der Waals surface area (Å²) in [7, 11) is 0. The van der Waals surface area contributed by atoms with Gasteiger partial charge in [-0.2, -0.15) is 0 Å². The molecule has 1 aliphatic rings. The summed E-state index contributed by atoms with van der Waals surface area (Å²) in [6, 6.07) is 9.62. The first-order valence-corrected chi connectivity index (χ1v) is 10.6. The molecule has 166 valence electrons. The highest BCUT2D eigenvalue weighted by atomic mass is 35.5. The second kappa shape index (κ2) is 9.35. The van der Waals surface area contributed by atoms with E-state index in [-0.39, 0.29) is 11.1 Å². The maximum atomic E-state index is 13.3. The molecule has 0 atom stereocenters. The van der Waals surface area contributed by atoms with Gasteiger partial charge >= 0.3 is 6.03 Å². The zero-order valence-electron chi connectivity index (χ0n) is 17.8. The molecule has 3 heterocycles. The van der Waals surface area contributed by atoms with Crippen molar-refractivity contribution in [2.75, 3.05) is 41.7 Å². The zero-order valence-corrected chi connectivity index (χ0v) is 18.5. The Labute approximate surface area is 190 Å². The van der Waals surface area contributed by atoms with Crippen molar-refractivity contribution in [3.05, 3.63) is 64.8 Å². The summed E-state index contributed by atoms with van der Waals surface area (Å²) in [4.78, 5) is 29.7. The van der Waals surface area contributed by atoms with E-state index in [0.29, 0.717) is 43.5 Å². The van der Waals surface area contributed by atoms with Crippen molar-refractivity contribution < 1.29 is 9.18 Å². The number of nitrogens with one attached hydrogen (secondary N) is 2. The lowest BCUT2D eigenvalue weighted by Gasteiger charge is -2.35. The molecule has 0 unspecified atom stereocenters. The third-order valence-corrected chi connectivity index (χ3v) is 5.35. The minimum absolute atomic E-state index is 0.0305. The Balaban J connectivity index is 1.38. The Bertz CT molecular complexity index is 1140. The first kappa shape index (κ1) is 21.8.